The summed E-state index contributed by atoms with van der Waals surface area (Å²) in [6, 6.07) is 9.72. The maximum atomic E-state index is 11.7. The third-order valence-electron chi connectivity index (χ3n) is 2.77. The van der Waals surface area contributed by atoms with Crippen LogP contribution >= 0.6 is 0 Å². The molecule has 0 radical (unpaired) electrons. The average molecular weight is 231 g/mol. The minimum absolute atomic E-state index is 0.312. The van der Waals surface area contributed by atoms with Gasteiger partial charge in [0.15, 0.2) is 0 Å². The van der Waals surface area contributed by atoms with Gasteiger partial charge in [-0.1, -0.05) is 62.6 Å². The van der Waals surface area contributed by atoms with E-state index in [0.717, 1.165) is 31.2 Å². The summed E-state index contributed by atoms with van der Waals surface area (Å²) in [6.45, 7) is 4.25. The molecule has 1 aromatic carbocycles. The Morgan fingerprint density at radius 1 is 1.06 bits per heavy atom. The van der Waals surface area contributed by atoms with E-state index >= 15 is 0 Å². The monoisotopic (exact) mass is 231 g/mol. The second kappa shape index (κ2) is 6.89. The summed E-state index contributed by atoms with van der Waals surface area (Å²) in [4.78, 5) is 11.7. The molecule has 0 saturated carbocycles. The lowest BCUT2D eigenvalue weighted by atomic mass is 9.93. The summed E-state index contributed by atoms with van der Waals surface area (Å²) in [6.07, 6.45) is 3.97. The number of primary amides is 1. The number of carbonyl (C=O) groups is 1. The Morgan fingerprint density at radius 2 is 1.59 bits per heavy atom. The Labute approximate surface area is 104 Å². The van der Waals surface area contributed by atoms with Crippen LogP contribution in [-0.2, 0) is 4.79 Å². The van der Waals surface area contributed by atoms with Crippen molar-refractivity contribution in [3.63, 3.8) is 0 Å². The van der Waals surface area contributed by atoms with Gasteiger partial charge in [0.25, 0.3) is 0 Å². The molecular formula is C15H21NO. The van der Waals surface area contributed by atoms with Crippen LogP contribution in [-0.4, -0.2) is 5.91 Å². The number of hydrogen-bond donors (Lipinski definition) is 1. The third-order valence-corrected chi connectivity index (χ3v) is 2.77. The fourth-order valence-corrected chi connectivity index (χ4v) is 2.10. The van der Waals surface area contributed by atoms with Gasteiger partial charge in [0.05, 0.1) is 0 Å². The van der Waals surface area contributed by atoms with Crippen molar-refractivity contribution in [2.45, 2.75) is 39.5 Å². The van der Waals surface area contributed by atoms with Crippen LogP contribution in [0.5, 0.6) is 0 Å². The SMILES string of the molecule is CCCC(CCC)=C(C(N)=O)c1ccccc1. The molecule has 0 unspecified atom stereocenters. The quantitative estimate of drug-likeness (QED) is 0.748. The lowest BCUT2D eigenvalue weighted by Gasteiger charge is -2.12. The molecule has 2 heteroatoms. The van der Waals surface area contributed by atoms with E-state index < -0.39 is 0 Å². The van der Waals surface area contributed by atoms with E-state index in [-0.39, 0.29) is 5.91 Å². The molecule has 0 aromatic heterocycles. The highest BCUT2D eigenvalue weighted by atomic mass is 16.1. The number of rotatable bonds is 6. The Balaban J connectivity index is 3.21. The first-order valence-electron chi connectivity index (χ1n) is 6.27. The zero-order chi connectivity index (χ0) is 12.7. The van der Waals surface area contributed by atoms with Gasteiger partial charge in [-0.05, 0) is 18.4 Å². The summed E-state index contributed by atoms with van der Waals surface area (Å²) >= 11 is 0. The van der Waals surface area contributed by atoms with Crippen molar-refractivity contribution in [2.24, 2.45) is 5.73 Å². The second-order valence-corrected chi connectivity index (χ2v) is 4.21. The fourth-order valence-electron chi connectivity index (χ4n) is 2.10. The Kier molecular flexibility index (Phi) is 5.47. The van der Waals surface area contributed by atoms with Gasteiger partial charge in [0.2, 0.25) is 5.91 Å². The molecule has 1 amide bonds. The molecule has 0 aliphatic heterocycles. The first-order chi connectivity index (χ1) is 8.20. The van der Waals surface area contributed by atoms with Gasteiger partial charge in [-0.15, -0.1) is 0 Å². The third kappa shape index (κ3) is 3.74. The zero-order valence-electron chi connectivity index (χ0n) is 10.7. The predicted octanol–water partition coefficient (Wildman–Crippen LogP) is 3.53. The van der Waals surface area contributed by atoms with Gasteiger partial charge in [-0.25, -0.2) is 0 Å². The Bertz CT molecular complexity index is 385. The van der Waals surface area contributed by atoms with E-state index in [1.807, 2.05) is 30.3 Å². The van der Waals surface area contributed by atoms with Gasteiger partial charge < -0.3 is 5.73 Å². The smallest absolute Gasteiger partial charge is 0.249 e. The average Bonchev–Trinajstić information content (AvgIpc) is 2.31. The summed E-state index contributed by atoms with van der Waals surface area (Å²) in [5.41, 5.74) is 8.38. The Morgan fingerprint density at radius 3 is 2.00 bits per heavy atom. The lowest BCUT2D eigenvalue weighted by Crippen LogP contribution is -2.15. The van der Waals surface area contributed by atoms with Crippen molar-refractivity contribution in [3.05, 3.63) is 41.5 Å². The van der Waals surface area contributed by atoms with E-state index in [1.165, 1.54) is 5.57 Å². The minimum atomic E-state index is -0.312. The van der Waals surface area contributed by atoms with Crippen molar-refractivity contribution in [1.82, 2.24) is 0 Å². The number of amides is 1. The summed E-state index contributed by atoms with van der Waals surface area (Å²) in [7, 11) is 0. The van der Waals surface area contributed by atoms with Gasteiger partial charge >= 0.3 is 0 Å². The van der Waals surface area contributed by atoms with E-state index in [9.17, 15) is 4.79 Å². The molecule has 92 valence electrons. The fraction of sp³-hybridized carbons (Fsp3) is 0.400. The molecule has 2 N–H and O–H groups in total. The van der Waals surface area contributed by atoms with E-state index in [4.69, 9.17) is 5.73 Å². The van der Waals surface area contributed by atoms with Gasteiger partial charge in [-0.3, -0.25) is 4.79 Å². The van der Waals surface area contributed by atoms with Gasteiger partial charge in [0, 0.05) is 5.57 Å². The number of benzene rings is 1. The van der Waals surface area contributed by atoms with Crippen LogP contribution in [0, 0.1) is 0 Å². The molecule has 0 fully saturated rings. The van der Waals surface area contributed by atoms with E-state index in [1.54, 1.807) is 0 Å². The highest BCUT2D eigenvalue weighted by Crippen LogP contribution is 2.25. The second-order valence-electron chi connectivity index (χ2n) is 4.21. The van der Waals surface area contributed by atoms with Crippen LogP contribution in [0.1, 0.15) is 45.1 Å². The predicted molar refractivity (Wildman–Crippen MR) is 72.4 cm³/mol. The molecule has 0 aliphatic rings. The number of nitrogens with two attached hydrogens (primary N) is 1. The van der Waals surface area contributed by atoms with Crippen LogP contribution in [0.15, 0.2) is 35.9 Å². The van der Waals surface area contributed by atoms with Crippen LogP contribution in [0.3, 0.4) is 0 Å². The van der Waals surface area contributed by atoms with Crippen molar-refractivity contribution in [1.29, 1.82) is 0 Å². The normalized spacial score (nSPS) is 10.0. The molecule has 0 saturated heterocycles. The maximum Gasteiger partial charge on any atom is 0.249 e. The molecule has 0 heterocycles. The highest BCUT2D eigenvalue weighted by molar-refractivity contribution is 6.19. The molecule has 2 nitrogen and oxygen atoms in total. The highest BCUT2D eigenvalue weighted by Gasteiger charge is 2.13. The van der Waals surface area contributed by atoms with Gasteiger partial charge in [0.1, 0.15) is 0 Å². The van der Waals surface area contributed by atoms with Crippen LogP contribution in [0.25, 0.3) is 5.57 Å². The van der Waals surface area contributed by atoms with E-state index in [0.29, 0.717) is 5.57 Å². The molecule has 0 bridgehead atoms. The lowest BCUT2D eigenvalue weighted by molar-refractivity contribution is -0.112. The summed E-state index contributed by atoms with van der Waals surface area (Å²) in [5.74, 6) is -0.312. The van der Waals surface area contributed by atoms with Crippen molar-refractivity contribution in [2.75, 3.05) is 0 Å². The summed E-state index contributed by atoms with van der Waals surface area (Å²) in [5, 5.41) is 0. The molecule has 1 aromatic rings. The number of hydrogen-bond acceptors (Lipinski definition) is 1. The van der Waals surface area contributed by atoms with Crippen molar-refractivity contribution in [3.8, 4) is 0 Å². The van der Waals surface area contributed by atoms with Crippen LogP contribution in [0.4, 0.5) is 0 Å². The van der Waals surface area contributed by atoms with Crippen molar-refractivity contribution < 1.29 is 4.79 Å². The van der Waals surface area contributed by atoms with Gasteiger partial charge in [-0.2, -0.15) is 0 Å². The zero-order valence-corrected chi connectivity index (χ0v) is 10.7. The van der Waals surface area contributed by atoms with E-state index in [2.05, 4.69) is 13.8 Å². The number of carbonyl (C=O) groups excluding carboxylic acids is 1. The minimum Gasteiger partial charge on any atom is -0.366 e. The molecule has 0 spiro atoms. The summed E-state index contributed by atoms with van der Waals surface area (Å²) < 4.78 is 0. The molecular weight excluding hydrogens is 210 g/mol. The van der Waals surface area contributed by atoms with Crippen molar-refractivity contribution >= 4 is 11.5 Å². The number of allylic oxidation sites excluding steroid dienone is 1. The molecule has 0 atom stereocenters. The maximum absolute atomic E-state index is 11.7. The first kappa shape index (κ1) is 13.5. The Hall–Kier alpha value is -1.57. The molecule has 17 heavy (non-hydrogen) atoms. The van der Waals surface area contributed by atoms with Crippen LogP contribution < -0.4 is 5.73 Å². The standard InChI is InChI=1S/C15H21NO/c1-3-8-12(9-4-2)14(15(16)17)13-10-6-5-7-11-13/h5-7,10-11H,3-4,8-9H2,1-2H3,(H2,16,17). The first-order valence-corrected chi connectivity index (χ1v) is 6.27. The molecule has 0 aliphatic carbocycles. The largest absolute Gasteiger partial charge is 0.366 e. The molecule has 1 rings (SSSR count). The van der Waals surface area contributed by atoms with Crippen LogP contribution in [0.2, 0.25) is 0 Å². The topological polar surface area (TPSA) is 43.1 Å².